The second-order valence-corrected chi connectivity index (χ2v) is 6.68. The van der Waals surface area contributed by atoms with Crippen molar-refractivity contribution in [1.82, 2.24) is 14.5 Å². The summed E-state index contributed by atoms with van der Waals surface area (Å²) in [4.78, 5) is 7.21. The quantitative estimate of drug-likeness (QED) is 0.771. The SMILES string of the molecule is CC(Cn1c(CCl)nc2cc(Br)ccc21)N1CCCC1. The van der Waals surface area contributed by atoms with E-state index in [4.69, 9.17) is 11.6 Å². The molecule has 1 atom stereocenters. The van der Waals surface area contributed by atoms with E-state index in [9.17, 15) is 0 Å². The third-order valence-electron chi connectivity index (χ3n) is 4.12. The Morgan fingerprint density at radius 2 is 2.10 bits per heavy atom. The van der Waals surface area contributed by atoms with Crippen molar-refractivity contribution in [3.63, 3.8) is 0 Å². The predicted octanol–water partition coefficient (Wildman–Crippen LogP) is 4.02. The van der Waals surface area contributed by atoms with Crippen LogP contribution in [0.2, 0.25) is 0 Å². The topological polar surface area (TPSA) is 21.1 Å². The van der Waals surface area contributed by atoms with E-state index in [0.717, 1.165) is 22.4 Å². The molecule has 20 heavy (non-hydrogen) atoms. The van der Waals surface area contributed by atoms with Crippen LogP contribution in [-0.2, 0) is 12.4 Å². The van der Waals surface area contributed by atoms with Crippen molar-refractivity contribution in [2.24, 2.45) is 0 Å². The van der Waals surface area contributed by atoms with E-state index in [0.29, 0.717) is 11.9 Å². The summed E-state index contributed by atoms with van der Waals surface area (Å²) in [5, 5.41) is 0. The van der Waals surface area contributed by atoms with E-state index >= 15 is 0 Å². The number of alkyl halides is 1. The summed E-state index contributed by atoms with van der Waals surface area (Å²) in [5.74, 6) is 1.42. The van der Waals surface area contributed by atoms with Crippen molar-refractivity contribution in [3.8, 4) is 0 Å². The van der Waals surface area contributed by atoms with E-state index in [-0.39, 0.29) is 0 Å². The van der Waals surface area contributed by atoms with Gasteiger partial charge in [0.2, 0.25) is 0 Å². The largest absolute Gasteiger partial charge is 0.325 e. The van der Waals surface area contributed by atoms with Crippen LogP contribution >= 0.6 is 27.5 Å². The van der Waals surface area contributed by atoms with E-state index in [2.05, 4.69) is 55.5 Å². The summed E-state index contributed by atoms with van der Waals surface area (Å²) >= 11 is 9.58. The van der Waals surface area contributed by atoms with E-state index < -0.39 is 0 Å². The number of hydrogen-bond donors (Lipinski definition) is 0. The van der Waals surface area contributed by atoms with Crippen LogP contribution < -0.4 is 0 Å². The molecule has 0 bridgehead atoms. The maximum absolute atomic E-state index is 6.08. The Hall–Kier alpha value is -0.580. The highest BCUT2D eigenvalue weighted by Gasteiger charge is 2.20. The highest BCUT2D eigenvalue weighted by atomic mass is 79.9. The lowest BCUT2D eigenvalue weighted by Crippen LogP contribution is -2.34. The zero-order chi connectivity index (χ0) is 14.1. The van der Waals surface area contributed by atoms with Gasteiger partial charge in [0.15, 0.2) is 0 Å². The van der Waals surface area contributed by atoms with Crippen LogP contribution in [0.4, 0.5) is 0 Å². The minimum Gasteiger partial charge on any atom is -0.325 e. The number of halogens is 2. The molecule has 0 aliphatic carbocycles. The van der Waals surface area contributed by atoms with Crippen molar-refractivity contribution in [2.75, 3.05) is 13.1 Å². The molecular formula is C15H19BrClN3. The first kappa shape index (κ1) is 14.4. The highest BCUT2D eigenvalue weighted by Crippen LogP contribution is 2.23. The van der Waals surface area contributed by atoms with Gasteiger partial charge in [-0.2, -0.15) is 0 Å². The maximum atomic E-state index is 6.08. The zero-order valence-electron chi connectivity index (χ0n) is 11.6. The molecular weight excluding hydrogens is 338 g/mol. The van der Waals surface area contributed by atoms with Crippen molar-refractivity contribution >= 4 is 38.6 Å². The second-order valence-electron chi connectivity index (χ2n) is 5.50. The standard InChI is InChI=1S/C15H19BrClN3/c1-11(19-6-2-3-7-19)10-20-14-5-4-12(16)8-13(14)18-15(20)9-17/h4-5,8,11H,2-3,6-7,9-10H2,1H3. The van der Waals surface area contributed by atoms with Crippen molar-refractivity contribution < 1.29 is 0 Å². The number of likely N-dealkylation sites (tertiary alicyclic amines) is 1. The average Bonchev–Trinajstić information content (AvgIpc) is 3.06. The van der Waals surface area contributed by atoms with Gasteiger partial charge in [-0.1, -0.05) is 15.9 Å². The van der Waals surface area contributed by atoms with Crippen LogP contribution in [0.1, 0.15) is 25.6 Å². The summed E-state index contributed by atoms with van der Waals surface area (Å²) in [5.41, 5.74) is 2.19. The number of aromatic nitrogens is 2. The zero-order valence-corrected chi connectivity index (χ0v) is 14.0. The number of benzene rings is 1. The van der Waals surface area contributed by atoms with Crippen molar-refractivity contribution in [3.05, 3.63) is 28.5 Å². The smallest absolute Gasteiger partial charge is 0.124 e. The third-order valence-corrected chi connectivity index (χ3v) is 4.85. The van der Waals surface area contributed by atoms with Gasteiger partial charge in [0.1, 0.15) is 5.82 Å². The third kappa shape index (κ3) is 2.74. The van der Waals surface area contributed by atoms with Gasteiger partial charge in [-0.25, -0.2) is 4.98 Å². The van der Waals surface area contributed by atoms with Crippen LogP contribution in [-0.4, -0.2) is 33.6 Å². The first-order chi connectivity index (χ1) is 9.69. The monoisotopic (exact) mass is 355 g/mol. The van der Waals surface area contributed by atoms with Crippen LogP contribution in [0.25, 0.3) is 11.0 Å². The fraction of sp³-hybridized carbons (Fsp3) is 0.533. The maximum Gasteiger partial charge on any atom is 0.124 e. The van der Waals surface area contributed by atoms with Crippen molar-refractivity contribution in [2.45, 2.75) is 38.2 Å². The molecule has 0 amide bonds. The van der Waals surface area contributed by atoms with Gasteiger partial charge in [-0.3, -0.25) is 4.90 Å². The minimum atomic E-state index is 0.457. The lowest BCUT2D eigenvalue weighted by Gasteiger charge is -2.25. The number of nitrogens with zero attached hydrogens (tertiary/aromatic N) is 3. The van der Waals surface area contributed by atoms with Gasteiger partial charge in [-0.05, 0) is 51.1 Å². The first-order valence-electron chi connectivity index (χ1n) is 7.13. The van der Waals surface area contributed by atoms with Gasteiger partial charge >= 0.3 is 0 Å². The van der Waals surface area contributed by atoms with Gasteiger partial charge in [0.25, 0.3) is 0 Å². The molecule has 1 aliphatic rings. The lowest BCUT2D eigenvalue weighted by atomic mass is 10.2. The second kappa shape index (κ2) is 6.04. The molecule has 1 unspecified atom stereocenters. The summed E-state index contributed by atoms with van der Waals surface area (Å²) in [6.07, 6.45) is 2.65. The molecule has 0 N–H and O–H groups in total. The molecule has 1 aromatic heterocycles. The van der Waals surface area contributed by atoms with Gasteiger partial charge in [0, 0.05) is 17.1 Å². The van der Waals surface area contributed by atoms with Gasteiger partial charge < -0.3 is 4.57 Å². The van der Waals surface area contributed by atoms with Gasteiger partial charge in [0.05, 0.1) is 16.9 Å². The molecule has 108 valence electrons. The molecule has 1 aromatic carbocycles. The molecule has 1 saturated heterocycles. The molecule has 2 heterocycles. The number of rotatable bonds is 4. The Labute approximate surface area is 133 Å². The van der Waals surface area contributed by atoms with Crippen LogP contribution in [0.5, 0.6) is 0 Å². The normalized spacial score (nSPS) is 17.9. The molecule has 0 saturated carbocycles. The summed E-state index contributed by atoms with van der Waals surface area (Å²) in [6, 6.07) is 6.78. The minimum absolute atomic E-state index is 0.457. The molecule has 5 heteroatoms. The Morgan fingerprint density at radius 1 is 1.35 bits per heavy atom. The Balaban J connectivity index is 1.92. The summed E-state index contributed by atoms with van der Waals surface area (Å²) in [7, 11) is 0. The Morgan fingerprint density at radius 3 is 2.80 bits per heavy atom. The van der Waals surface area contributed by atoms with Crippen LogP contribution in [0.15, 0.2) is 22.7 Å². The number of fused-ring (bicyclic) bond motifs is 1. The molecule has 0 radical (unpaired) electrons. The highest BCUT2D eigenvalue weighted by molar-refractivity contribution is 9.10. The first-order valence-corrected chi connectivity index (χ1v) is 8.46. The molecule has 3 nitrogen and oxygen atoms in total. The van der Waals surface area contributed by atoms with Crippen molar-refractivity contribution in [1.29, 1.82) is 0 Å². The lowest BCUT2D eigenvalue weighted by molar-refractivity contribution is 0.236. The van der Waals surface area contributed by atoms with E-state index in [1.807, 2.05) is 0 Å². The van der Waals surface area contributed by atoms with Crippen LogP contribution in [0.3, 0.4) is 0 Å². The van der Waals surface area contributed by atoms with E-state index in [1.165, 1.54) is 31.4 Å². The van der Waals surface area contributed by atoms with Gasteiger partial charge in [-0.15, -0.1) is 11.6 Å². The van der Waals surface area contributed by atoms with E-state index in [1.54, 1.807) is 0 Å². The van der Waals surface area contributed by atoms with Crippen LogP contribution in [0, 0.1) is 0 Å². The molecule has 3 rings (SSSR count). The fourth-order valence-electron chi connectivity index (χ4n) is 3.02. The predicted molar refractivity (Wildman–Crippen MR) is 87.3 cm³/mol. The molecule has 1 aliphatic heterocycles. The average molecular weight is 357 g/mol. The molecule has 1 fully saturated rings. The summed E-state index contributed by atoms with van der Waals surface area (Å²) < 4.78 is 3.33. The number of hydrogen-bond acceptors (Lipinski definition) is 2. The molecule has 2 aromatic rings. The molecule has 0 spiro atoms. The fourth-order valence-corrected chi connectivity index (χ4v) is 3.57. The summed E-state index contributed by atoms with van der Waals surface area (Å²) in [6.45, 7) is 5.69. The Bertz CT molecular complexity index is 604. The Kier molecular flexibility index (Phi) is 4.34. The number of imidazole rings is 1.